The number of carbonyl (C=O) groups excluding carboxylic acids is 2. The summed E-state index contributed by atoms with van der Waals surface area (Å²) in [4.78, 5) is 31.3. The molecule has 2 fully saturated rings. The standard InChI is InChI=1S/C17H20N2O5/c1-17(2)23-15(20)13(16(21)24-17)14(19-8-10-22-11-9-19)18-12-6-4-3-5-7-12/h3-7,13H,8-11H2,1-2H3. The van der Waals surface area contributed by atoms with Gasteiger partial charge in [0.15, 0.2) is 0 Å². The van der Waals surface area contributed by atoms with Gasteiger partial charge in [0.1, 0.15) is 5.84 Å². The van der Waals surface area contributed by atoms with Crippen LogP contribution in [0.15, 0.2) is 35.3 Å². The van der Waals surface area contributed by atoms with Crippen molar-refractivity contribution in [3.8, 4) is 0 Å². The monoisotopic (exact) mass is 332 g/mol. The molecule has 24 heavy (non-hydrogen) atoms. The van der Waals surface area contributed by atoms with Gasteiger partial charge in [-0.05, 0) is 12.1 Å². The van der Waals surface area contributed by atoms with E-state index in [1.807, 2.05) is 35.2 Å². The molecule has 3 rings (SSSR count). The molecule has 2 heterocycles. The number of aliphatic imine (C=N–C) groups is 1. The molecule has 0 spiro atoms. The Bertz CT molecular complexity index is 630. The summed E-state index contributed by atoms with van der Waals surface area (Å²) in [5.41, 5.74) is 0.657. The van der Waals surface area contributed by atoms with Gasteiger partial charge in [0.05, 0.1) is 18.9 Å². The molecule has 7 heteroatoms. The van der Waals surface area contributed by atoms with E-state index in [1.165, 1.54) is 13.8 Å². The number of ether oxygens (including phenoxy) is 3. The first-order chi connectivity index (χ1) is 11.5. The maximum absolute atomic E-state index is 12.4. The van der Waals surface area contributed by atoms with Crippen molar-refractivity contribution in [3.63, 3.8) is 0 Å². The van der Waals surface area contributed by atoms with Gasteiger partial charge in [0, 0.05) is 26.9 Å². The zero-order valence-electron chi connectivity index (χ0n) is 13.7. The van der Waals surface area contributed by atoms with Crippen LogP contribution < -0.4 is 0 Å². The number of amidine groups is 1. The zero-order valence-corrected chi connectivity index (χ0v) is 13.7. The fraction of sp³-hybridized carbons (Fsp3) is 0.471. The van der Waals surface area contributed by atoms with Crippen LogP contribution in [0.1, 0.15) is 13.8 Å². The Morgan fingerprint density at radius 2 is 1.67 bits per heavy atom. The first-order valence-corrected chi connectivity index (χ1v) is 7.88. The minimum absolute atomic E-state index is 0.343. The molecule has 0 bridgehead atoms. The second-order valence-corrected chi connectivity index (χ2v) is 6.08. The first kappa shape index (κ1) is 16.4. The molecule has 0 atom stereocenters. The van der Waals surface area contributed by atoms with Gasteiger partial charge in [0.25, 0.3) is 5.79 Å². The second-order valence-electron chi connectivity index (χ2n) is 6.08. The van der Waals surface area contributed by atoms with Gasteiger partial charge in [-0.2, -0.15) is 0 Å². The summed E-state index contributed by atoms with van der Waals surface area (Å²) in [5.74, 6) is -3.38. The van der Waals surface area contributed by atoms with Crippen molar-refractivity contribution >= 4 is 23.5 Å². The van der Waals surface area contributed by atoms with Crippen molar-refractivity contribution in [2.75, 3.05) is 26.3 Å². The fourth-order valence-electron chi connectivity index (χ4n) is 2.68. The molecule has 0 aromatic heterocycles. The second kappa shape index (κ2) is 6.60. The van der Waals surface area contributed by atoms with Crippen molar-refractivity contribution in [2.24, 2.45) is 10.9 Å². The number of cyclic esters (lactones) is 2. The molecule has 0 amide bonds. The molecular formula is C17H20N2O5. The zero-order chi connectivity index (χ0) is 17.2. The van der Waals surface area contributed by atoms with E-state index in [0.717, 1.165) is 0 Å². The Labute approximate surface area is 140 Å². The number of benzene rings is 1. The van der Waals surface area contributed by atoms with E-state index in [9.17, 15) is 9.59 Å². The van der Waals surface area contributed by atoms with Crippen LogP contribution in [0.2, 0.25) is 0 Å². The molecule has 2 aliphatic heterocycles. The summed E-state index contributed by atoms with van der Waals surface area (Å²) in [6.07, 6.45) is 0. The van der Waals surface area contributed by atoms with Crippen LogP contribution in [0, 0.1) is 5.92 Å². The molecule has 0 unspecified atom stereocenters. The van der Waals surface area contributed by atoms with E-state index >= 15 is 0 Å². The molecule has 0 aliphatic carbocycles. The van der Waals surface area contributed by atoms with Gasteiger partial charge in [-0.25, -0.2) is 4.99 Å². The quantitative estimate of drug-likeness (QED) is 0.353. The molecule has 0 saturated carbocycles. The smallest absolute Gasteiger partial charge is 0.331 e. The summed E-state index contributed by atoms with van der Waals surface area (Å²) in [6.45, 7) is 5.17. The van der Waals surface area contributed by atoms with Gasteiger partial charge in [-0.3, -0.25) is 9.59 Å². The molecule has 0 N–H and O–H groups in total. The Kier molecular flexibility index (Phi) is 4.53. The highest BCUT2D eigenvalue weighted by Gasteiger charge is 2.47. The number of rotatable bonds is 2. The number of nitrogens with zero attached hydrogens (tertiary/aromatic N) is 2. The minimum atomic E-state index is -1.26. The third-order valence-corrected chi connectivity index (χ3v) is 3.76. The fourth-order valence-corrected chi connectivity index (χ4v) is 2.68. The van der Waals surface area contributed by atoms with Crippen LogP contribution in [0.4, 0.5) is 5.69 Å². The molecule has 1 aromatic rings. The molecule has 1 aromatic carbocycles. The summed E-state index contributed by atoms with van der Waals surface area (Å²) in [7, 11) is 0. The normalized spacial score (nSPS) is 22.1. The van der Waals surface area contributed by atoms with Crippen LogP contribution >= 0.6 is 0 Å². The van der Waals surface area contributed by atoms with Crippen LogP contribution in [0.3, 0.4) is 0 Å². The van der Waals surface area contributed by atoms with Crippen LogP contribution in [-0.4, -0.2) is 54.8 Å². The molecular weight excluding hydrogens is 312 g/mol. The predicted molar refractivity (Wildman–Crippen MR) is 85.7 cm³/mol. The average molecular weight is 332 g/mol. The maximum Gasteiger partial charge on any atom is 0.331 e. The van der Waals surface area contributed by atoms with Gasteiger partial charge in [0.2, 0.25) is 5.92 Å². The van der Waals surface area contributed by atoms with Crippen molar-refractivity contribution in [1.29, 1.82) is 0 Å². The van der Waals surface area contributed by atoms with E-state index in [4.69, 9.17) is 14.2 Å². The first-order valence-electron chi connectivity index (χ1n) is 7.88. The van der Waals surface area contributed by atoms with Crippen molar-refractivity contribution in [1.82, 2.24) is 4.90 Å². The average Bonchev–Trinajstić information content (AvgIpc) is 2.54. The van der Waals surface area contributed by atoms with E-state index in [0.29, 0.717) is 37.8 Å². The van der Waals surface area contributed by atoms with Crippen LogP contribution in [0.25, 0.3) is 0 Å². The maximum atomic E-state index is 12.4. The molecule has 7 nitrogen and oxygen atoms in total. The van der Waals surface area contributed by atoms with Gasteiger partial charge < -0.3 is 19.1 Å². The Morgan fingerprint density at radius 1 is 1.08 bits per heavy atom. The van der Waals surface area contributed by atoms with Gasteiger partial charge >= 0.3 is 11.9 Å². The molecule has 2 aliphatic rings. The number of para-hydroxylation sites is 1. The van der Waals surface area contributed by atoms with Gasteiger partial charge in [-0.1, -0.05) is 18.2 Å². The lowest BCUT2D eigenvalue weighted by molar-refractivity contribution is -0.236. The van der Waals surface area contributed by atoms with Crippen molar-refractivity contribution in [2.45, 2.75) is 19.6 Å². The Balaban J connectivity index is 1.96. The topological polar surface area (TPSA) is 77.4 Å². The number of carbonyl (C=O) groups is 2. The van der Waals surface area contributed by atoms with Crippen molar-refractivity contribution < 1.29 is 23.8 Å². The molecule has 128 valence electrons. The Hall–Kier alpha value is -2.41. The lowest BCUT2D eigenvalue weighted by atomic mass is 10.1. The summed E-state index contributed by atoms with van der Waals surface area (Å²) < 4.78 is 15.8. The van der Waals surface area contributed by atoms with E-state index in [2.05, 4.69) is 4.99 Å². The van der Waals surface area contributed by atoms with Crippen LogP contribution in [-0.2, 0) is 23.8 Å². The predicted octanol–water partition coefficient (Wildman–Crippen LogP) is 1.50. The number of hydrogen-bond donors (Lipinski definition) is 0. The number of hydrogen-bond acceptors (Lipinski definition) is 6. The highest BCUT2D eigenvalue weighted by molar-refractivity contribution is 6.17. The highest BCUT2D eigenvalue weighted by atomic mass is 16.7. The number of esters is 2. The SMILES string of the molecule is CC1(C)OC(=O)C(C(=Nc2ccccc2)N2CCOCC2)C(=O)O1. The summed E-state index contributed by atoms with van der Waals surface area (Å²) in [6, 6.07) is 9.18. The minimum Gasteiger partial charge on any atom is -0.422 e. The summed E-state index contributed by atoms with van der Waals surface area (Å²) in [5, 5.41) is 0. The third kappa shape index (κ3) is 3.56. The van der Waals surface area contributed by atoms with Crippen LogP contribution in [0.5, 0.6) is 0 Å². The van der Waals surface area contributed by atoms with Crippen molar-refractivity contribution in [3.05, 3.63) is 30.3 Å². The van der Waals surface area contributed by atoms with Gasteiger partial charge in [-0.15, -0.1) is 0 Å². The van der Waals surface area contributed by atoms with E-state index in [1.54, 1.807) is 0 Å². The summed E-state index contributed by atoms with van der Waals surface area (Å²) >= 11 is 0. The third-order valence-electron chi connectivity index (χ3n) is 3.76. The number of morpholine rings is 1. The highest BCUT2D eigenvalue weighted by Crippen LogP contribution is 2.27. The lowest BCUT2D eigenvalue weighted by Crippen LogP contribution is -2.54. The molecule has 2 saturated heterocycles. The van der Waals surface area contributed by atoms with E-state index < -0.39 is 23.6 Å². The lowest BCUT2D eigenvalue weighted by Gasteiger charge is -2.37. The largest absolute Gasteiger partial charge is 0.422 e. The molecule has 0 radical (unpaired) electrons. The Morgan fingerprint density at radius 3 is 2.25 bits per heavy atom. The van der Waals surface area contributed by atoms with E-state index in [-0.39, 0.29) is 0 Å².